The Labute approximate surface area is 185 Å². The highest BCUT2D eigenvalue weighted by molar-refractivity contribution is 5.86. The van der Waals surface area contributed by atoms with Crippen LogP contribution in [0.4, 0.5) is 11.6 Å². The Balaban J connectivity index is 1.20. The summed E-state index contributed by atoms with van der Waals surface area (Å²) in [4.78, 5) is 13.2. The van der Waals surface area contributed by atoms with Gasteiger partial charge in [-0.05, 0) is 60.9 Å². The molecule has 0 unspecified atom stereocenters. The molecule has 0 radical (unpaired) electrons. The molecule has 3 aromatic heterocycles. The molecule has 1 aliphatic heterocycles. The Morgan fingerprint density at radius 3 is 2.94 bits per heavy atom. The molecule has 0 spiro atoms. The van der Waals surface area contributed by atoms with Crippen molar-refractivity contribution in [1.82, 2.24) is 19.5 Å². The van der Waals surface area contributed by atoms with E-state index in [-0.39, 0.29) is 12.0 Å². The zero-order valence-electron chi connectivity index (χ0n) is 17.6. The van der Waals surface area contributed by atoms with Gasteiger partial charge < -0.3 is 25.8 Å². The lowest BCUT2D eigenvalue weighted by Gasteiger charge is -2.19. The first-order chi connectivity index (χ1) is 15.6. The van der Waals surface area contributed by atoms with Crippen molar-refractivity contribution < 1.29 is 10.2 Å². The van der Waals surface area contributed by atoms with Crippen LogP contribution in [0.5, 0.6) is 0 Å². The van der Waals surface area contributed by atoms with Gasteiger partial charge in [-0.25, -0.2) is 15.0 Å². The average molecular weight is 431 g/mol. The molecule has 4 aromatic rings. The van der Waals surface area contributed by atoms with Crippen LogP contribution in [-0.4, -0.2) is 48.5 Å². The first-order valence-corrected chi connectivity index (χ1v) is 11.2. The van der Waals surface area contributed by atoms with E-state index in [9.17, 15) is 10.2 Å². The molecule has 0 bridgehead atoms. The summed E-state index contributed by atoms with van der Waals surface area (Å²) in [6.45, 7) is 0.948. The number of nitrogens with zero attached hydrogens (tertiary/aromatic N) is 4. The third kappa shape index (κ3) is 3.10. The number of hydrogen-bond donors (Lipinski definition) is 4. The van der Waals surface area contributed by atoms with Crippen LogP contribution in [0.2, 0.25) is 0 Å². The predicted octanol–water partition coefficient (Wildman–Crippen LogP) is 2.45. The largest absolute Gasteiger partial charge is 0.390 e. The maximum atomic E-state index is 10.8. The summed E-state index contributed by atoms with van der Waals surface area (Å²) in [5.74, 6) is 1.41. The zero-order chi connectivity index (χ0) is 21.8. The van der Waals surface area contributed by atoms with E-state index in [1.54, 1.807) is 0 Å². The molecule has 0 saturated heterocycles. The van der Waals surface area contributed by atoms with E-state index in [0.29, 0.717) is 17.9 Å². The summed E-state index contributed by atoms with van der Waals surface area (Å²) >= 11 is 0. The number of aromatic nitrogens is 4. The number of pyridine rings is 1. The lowest BCUT2D eigenvalue weighted by atomic mass is 9.95. The van der Waals surface area contributed by atoms with E-state index in [1.807, 2.05) is 16.8 Å². The first-order valence-electron chi connectivity index (χ1n) is 11.2. The summed E-state index contributed by atoms with van der Waals surface area (Å²) in [7, 11) is 0. The van der Waals surface area contributed by atoms with Crippen molar-refractivity contribution in [3.63, 3.8) is 0 Å². The molecule has 5 N–H and O–H groups in total. The molecule has 1 aromatic carbocycles. The number of aliphatic hydroxyl groups is 2. The number of nitrogens with one attached hydrogen (secondary N) is 1. The highest BCUT2D eigenvalue weighted by Crippen LogP contribution is 2.39. The molecule has 4 heterocycles. The smallest absolute Gasteiger partial charge is 0.145 e. The minimum atomic E-state index is -0.848. The predicted molar refractivity (Wildman–Crippen MR) is 123 cm³/mol. The number of hydrogen-bond acceptors (Lipinski definition) is 7. The van der Waals surface area contributed by atoms with Crippen LogP contribution in [-0.2, 0) is 12.8 Å². The fraction of sp³-hybridized carbons (Fsp3) is 0.375. The number of nitrogen functional groups attached to an aromatic ring is 1. The number of nitrogens with two attached hydrogens (primary N) is 1. The molecule has 1 aliphatic carbocycles. The van der Waals surface area contributed by atoms with Crippen LogP contribution >= 0.6 is 0 Å². The lowest BCUT2D eigenvalue weighted by molar-refractivity contribution is 0.00545. The SMILES string of the molecule is Nc1ncnc2c1ccn2[C@@H]1C[C@H](CCc2ccc3cc4c(nc3c2)NCC4)[C@@H](O)[C@H]1O. The number of anilines is 2. The standard InChI is InChI=1S/C24H26N6O2/c25-22-17-6-8-30(24(17)28-12-27-22)19-11-15(20(31)21(19)32)4-2-13-1-3-14-10-16-5-7-26-23(16)29-18(14)9-13/h1,3,6,8-10,12,15,19-21,31-32H,2,4-5,7,11H2,(H,26,29)(H2,25,27,28)/t15-,19+,20+,21-/m0/s1. The van der Waals surface area contributed by atoms with Gasteiger partial charge in [0, 0.05) is 18.1 Å². The summed E-state index contributed by atoms with van der Waals surface area (Å²) in [5, 5.41) is 26.8. The summed E-state index contributed by atoms with van der Waals surface area (Å²) in [5.41, 5.74) is 10.1. The van der Waals surface area contributed by atoms with Crippen LogP contribution in [0.25, 0.3) is 21.9 Å². The summed E-state index contributed by atoms with van der Waals surface area (Å²) < 4.78 is 1.93. The second kappa shape index (κ2) is 7.43. The number of benzene rings is 1. The molecular formula is C24H26N6O2. The number of fused-ring (bicyclic) bond motifs is 3. The molecule has 4 atom stereocenters. The van der Waals surface area contributed by atoms with Gasteiger partial charge in [-0.3, -0.25) is 0 Å². The quantitative estimate of drug-likeness (QED) is 0.392. The molecule has 1 fully saturated rings. The average Bonchev–Trinajstić information content (AvgIpc) is 3.50. The van der Waals surface area contributed by atoms with Crippen LogP contribution in [0, 0.1) is 5.92 Å². The van der Waals surface area contributed by atoms with Crippen LogP contribution in [0.15, 0.2) is 42.9 Å². The normalized spacial score (nSPS) is 24.8. The van der Waals surface area contributed by atoms with Crippen molar-refractivity contribution in [3.8, 4) is 0 Å². The van der Waals surface area contributed by atoms with Gasteiger partial charge in [0.15, 0.2) is 0 Å². The molecule has 2 aliphatic rings. The third-order valence-electron chi connectivity index (χ3n) is 7.12. The maximum absolute atomic E-state index is 10.8. The van der Waals surface area contributed by atoms with Crippen molar-refractivity contribution in [2.45, 2.75) is 43.9 Å². The van der Waals surface area contributed by atoms with E-state index in [1.165, 1.54) is 17.5 Å². The Bertz CT molecular complexity index is 1320. The van der Waals surface area contributed by atoms with Crippen molar-refractivity contribution >= 4 is 33.6 Å². The fourth-order valence-corrected chi connectivity index (χ4v) is 5.34. The van der Waals surface area contributed by atoms with Gasteiger partial charge in [0.2, 0.25) is 0 Å². The van der Waals surface area contributed by atoms with Gasteiger partial charge in [-0.1, -0.05) is 12.1 Å². The monoisotopic (exact) mass is 430 g/mol. The number of aliphatic hydroxyl groups excluding tert-OH is 2. The molecule has 0 amide bonds. The molecule has 8 nitrogen and oxygen atoms in total. The highest BCUT2D eigenvalue weighted by atomic mass is 16.3. The Morgan fingerprint density at radius 2 is 2.03 bits per heavy atom. The van der Waals surface area contributed by atoms with E-state index < -0.39 is 12.2 Å². The van der Waals surface area contributed by atoms with Gasteiger partial charge in [0.1, 0.15) is 29.7 Å². The van der Waals surface area contributed by atoms with Gasteiger partial charge in [0.05, 0.1) is 23.0 Å². The van der Waals surface area contributed by atoms with Crippen molar-refractivity contribution in [2.75, 3.05) is 17.6 Å². The van der Waals surface area contributed by atoms with Gasteiger partial charge in [-0.2, -0.15) is 0 Å². The molecular weight excluding hydrogens is 404 g/mol. The van der Waals surface area contributed by atoms with Crippen molar-refractivity contribution in [2.24, 2.45) is 5.92 Å². The van der Waals surface area contributed by atoms with E-state index in [0.717, 1.165) is 47.9 Å². The number of aryl methyl sites for hydroxylation is 1. The second-order valence-corrected chi connectivity index (χ2v) is 9.00. The molecule has 164 valence electrons. The Hall–Kier alpha value is -3.23. The molecule has 1 saturated carbocycles. The van der Waals surface area contributed by atoms with Gasteiger partial charge in [-0.15, -0.1) is 0 Å². The molecule has 6 rings (SSSR count). The summed E-state index contributed by atoms with van der Waals surface area (Å²) in [6.07, 6.45) is 5.01. The first kappa shape index (κ1) is 19.5. The minimum Gasteiger partial charge on any atom is -0.390 e. The lowest BCUT2D eigenvalue weighted by Crippen LogP contribution is -2.29. The Kier molecular flexibility index (Phi) is 4.51. The number of rotatable bonds is 4. The van der Waals surface area contributed by atoms with Gasteiger partial charge in [0.25, 0.3) is 0 Å². The van der Waals surface area contributed by atoms with Crippen molar-refractivity contribution in [1.29, 1.82) is 0 Å². The second-order valence-electron chi connectivity index (χ2n) is 9.00. The van der Waals surface area contributed by atoms with Crippen LogP contribution in [0.1, 0.15) is 30.0 Å². The van der Waals surface area contributed by atoms with E-state index in [2.05, 4.69) is 39.6 Å². The topological polar surface area (TPSA) is 122 Å². The van der Waals surface area contributed by atoms with Crippen LogP contribution in [0.3, 0.4) is 0 Å². The fourth-order valence-electron chi connectivity index (χ4n) is 5.34. The van der Waals surface area contributed by atoms with E-state index in [4.69, 9.17) is 10.7 Å². The molecule has 32 heavy (non-hydrogen) atoms. The summed E-state index contributed by atoms with van der Waals surface area (Å²) in [6, 6.07) is 10.3. The Morgan fingerprint density at radius 1 is 1.12 bits per heavy atom. The van der Waals surface area contributed by atoms with E-state index >= 15 is 0 Å². The minimum absolute atomic E-state index is 0.00280. The maximum Gasteiger partial charge on any atom is 0.145 e. The zero-order valence-corrected chi connectivity index (χ0v) is 17.6. The molecule has 8 heteroatoms. The highest BCUT2D eigenvalue weighted by Gasteiger charge is 2.42. The van der Waals surface area contributed by atoms with Crippen LogP contribution < -0.4 is 11.1 Å². The van der Waals surface area contributed by atoms with Crippen molar-refractivity contribution in [3.05, 3.63) is 54.0 Å². The third-order valence-corrected chi connectivity index (χ3v) is 7.12. The van der Waals surface area contributed by atoms with Gasteiger partial charge >= 0.3 is 0 Å².